The van der Waals surface area contributed by atoms with E-state index in [0.29, 0.717) is 33.1 Å². The minimum absolute atomic E-state index is 0.100. The van der Waals surface area contributed by atoms with E-state index in [-0.39, 0.29) is 24.8 Å². The fourth-order valence-corrected chi connectivity index (χ4v) is 4.74. The highest BCUT2D eigenvalue weighted by Crippen LogP contribution is 2.35. The van der Waals surface area contributed by atoms with Gasteiger partial charge in [0.25, 0.3) is 6.43 Å². The Morgan fingerprint density at radius 3 is 2.55 bits per heavy atom. The molecule has 2 heterocycles. The van der Waals surface area contributed by atoms with Crippen LogP contribution in [-0.2, 0) is 22.6 Å². The summed E-state index contributed by atoms with van der Waals surface area (Å²) in [4.78, 5) is 28.2. The summed E-state index contributed by atoms with van der Waals surface area (Å²) in [6.45, 7) is -0.307. The van der Waals surface area contributed by atoms with Crippen LogP contribution in [0, 0.1) is 0 Å². The van der Waals surface area contributed by atoms with Crippen LogP contribution in [-0.4, -0.2) is 36.3 Å². The van der Waals surface area contributed by atoms with Crippen molar-refractivity contribution in [1.82, 2.24) is 9.88 Å². The first-order valence-electron chi connectivity index (χ1n) is 11.9. The van der Waals surface area contributed by atoms with Crippen LogP contribution in [0.25, 0.3) is 10.9 Å². The third kappa shape index (κ3) is 5.15. The van der Waals surface area contributed by atoms with Gasteiger partial charge >= 0.3 is 0 Å². The van der Waals surface area contributed by atoms with Gasteiger partial charge in [-0.3, -0.25) is 9.59 Å². The Balaban J connectivity index is 1.41. The smallest absolute Gasteiger partial charge is 0.278 e. The van der Waals surface area contributed by atoms with Gasteiger partial charge in [0.1, 0.15) is 12.6 Å². The minimum atomic E-state index is -2.81. The molecule has 196 valence electrons. The Bertz CT molecular complexity index is 1490. The van der Waals surface area contributed by atoms with Crippen LogP contribution >= 0.6 is 11.6 Å². The predicted octanol–water partition coefficient (Wildman–Crippen LogP) is 5.35. The summed E-state index contributed by atoms with van der Waals surface area (Å²) in [6.07, 6.45) is -2.61. The first-order chi connectivity index (χ1) is 18.3. The number of fused-ring (bicyclic) bond motifs is 2. The van der Waals surface area contributed by atoms with Crippen molar-refractivity contribution in [3.63, 3.8) is 0 Å². The van der Waals surface area contributed by atoms with Gasteiger partial charge in [0.15, 0.2) is 11.5 Å². The van der Waals surface area contributed by atoms with Gasteiger partial charge < -0.3 is 24.3 Å². The number of nitrogens with zero attached hydrogens (tertiary/aromatic N) is 2. The van der Waals surface area contributed by atoms with E-state index in [9.17, 15) is 18.4 Å². The van der Waals surface area contributed by atoms with Gasteiger partial charge in [0.2, 0.25) is 18.6 Å². The number of nitrogens with one attached hydrogen (secondary N) is 1. The third-order valence-corrected chi connectivity index (χ3v) is 6.77. The van der Waals surface area contributed by atoms with E-state index in [0.717, 1.165) is 5.56 Å². The molecule has 10 heteroatoms. The topological polar surface area (TPSA) is 72.8 Å². The molecule has 4 aromatic rings. The summed E-state index contributed by atoms with van der Waals surface area (Å²) in [5.41, 5.74) is 1.47. The molecule has 3 aromatic carbocycles. The van der Waals surface area contributed by atoms with Crippen molar-refractivity contribution in [3.8, 4) is 11.5 Å². The maximum Gasteiger partial charge on any atom is 0.278 e. The number of halogens is 3. The molecule has 38 heavy (non-hydrogen) atoms. The number of ether oxygens (including phenoxy) is 2. The second-order valence-corrected chi connectivity index (χ2v) is 9.28. The van der Waals surface area contributed by atoms with Crippen molar-refractivity contribution >= 4 is 40.0 Å². The number of hydrogen-bond donors (Lipinski definition) is 1. The SMILES string of the molecule is CN(C(=O)[C@H](Cc1ccccc1)NC(=O)Cn1c(C(F)F)cc2c(Cl)cccc21)c1ccc2c(c1)OCO2. The maximum absolute atomic E-state index is 13.8. The van der Waals surface area contributed by atoms with Gasteiger partial charge in [-0.2, -0.15) is 0 Å². The molecule has 5 rings (SSSR count). The number of carbonyl (C=O) groups excluding carboxylic acids is 2. The molecule has 1 atom stereocenters. The molecule has 0 fully saturated rings. The van der Waals surface area contributed by atoms with Crippen molar-refractivity contribution in [3.05, 3.63) is 89.1 Å². The molecule has 0 saturated carbocycles. The summed E-state index contributed by atoms with van der Waals surface area (Å²) in [6, 6.07) is 19.5. The molecule has 0 unspecified atom stereocenters. The van der Waals surface area contributed by atoms with Crippen molar-refractivity contribution in [2.24, 2.45) is 0 Å². The molecule has 7 nitrogen and oxygen atoms in total. The summed E-state index contributed by atoms with van der Waals surface area (Å²) < 4.78 is 39.7. The average Bonchev–Trinajstić information content (AvgIpc) is 3.53. The first-order valence-corrected chi connectivity index (χ1v) is 12.3. The maximum atomic E-state index is 13.8. The van der Waals surface area contributed by atoms with Gasteiger partial charge in [0, 0.05) is 35.6 Å². The van der Waals surface area contributed by atoms with E-state index in [1.807, 2.05) is 30.3 Å². The molecule has 0 spiro atoms. The van der Waals surface area contributed by atoms with Gasteiger partial charge in [-0.05, 0) is 35.9 Å². The van der Waals surface area contributed by atoms with E-state index >= 15 is 0 Å². The quantitative estimate of drug-likeness (QED) is 0.327. The van der Waals surface area contributed by atoms with Gasteiger partial charge in [0.05, 0.1) is 11.2 Å². The van der Waals surface area contributed by atoms with Crippen molar-refractivity contribution in [2.75, 3.05) is 18.7 Å². The van der Waals surface area contributed by atoms with E-state index in [1.165, 1.54) is 15.5 Å². The highest BCUT2D eigenvalue weighted by atomic mass is 35.5. The second-order valence-electron chi connectivity index (χ2n) is 8.87. The van der Waals surface area contributed by atoms with Crippen LogP contribution < -0.4 is 19.7 Å². The van der Waals surface area contributed by atoms with Gasteiger partial charge in [-0.1, -0.05) is 48.0 Å². The summed E-state index contributed by atoms with van der Waals surface area (Å²) >= 11 is 6.20. The highest BCUT2D eigenvalue weighted by Gasteiger charge is 2.28. The van der Waals surface area contributed by atoms with Crippen LogP contribution in [0.3, 0.4) is 0 Å². The lowest BCUT2D eigenvalue weighted by Gasteiger charge is -2.25. The molecule has 0 aliphatic carbocycles. The molecule has 0 bridgehead atoms. The monoisotopic (exact) mass is 539 g/mol. The van der Waals surface area contributed by atoms with Crippen LogP contribution in [0.15, 0.2) is 72.8 Å². The number of rotatable bonds is 8. The Labute approximate surface area is 222 Å². The van der Waals surface area contributed by atoms with Crippen LogP contribution in [0.4, 0.5) is 14.5 Å². The molecule has 0 radical (unpaired) electrons. The van der Waals surface area contributed by atoms with E-state index in [2.05, 4.69) is 5.32 Å². The Kier molecular flexibility index (Phi) is 7.20. The van der Waals surface area contributed by atoms with Gasteiger partial charge in [-0.25, -0.2) is 8.78 Å². The molecule has 1 aromatic heterocycles. The molecular formula is C28H24ClF2N3O4. The molecule has 0 saturated heterocycles. The number of amides is 2. The molecule has 1 aliphatic rings. The molecular weight excluding hydrogens is 516 g/mol. The third-order valence-electron chi connectivity index (χ3n) is 6.44. The van der Waals surface area contributed by atoms with Crippen LogP contribution in [0.1, 0.15) is 17.7 Å². The zero-order valence-corrected chi connectivity index (χ0v) is 21.1. The Hall–Kier alpha value is -4.11. The highest BCUT2D eigenvalue weighted by molar-refractivity contribution is 6.35. The van der Waals surface area contributed by atoms with E-state index in [4.69, 9.17) is 21.1 Å². The normalized spacial score (nSPS) is 13.1. The number of carbonyl (C=O) groups is 2. The lowest BCUT2D eigenvalue weighted by atomic mass is 10.0. The first kappa shape index (κ1) is 25.5. The second kappa shape index (κ2) is 10.7. The Morgan fingerprint density at radius 2 is 1.79 bits per heavy atom. The summed E-state index contributed by atoms with van der Waals surface area (Å²) in [5, 5.41) is 3.51. The summed E-state index contributed by atoms with van der Waals surface area (Å²) in [7, 11) is 1.60. The molecule has 1 N–H and O–H groups in total. The van der Waals surface area contributed by atoms with Crippen molar-refractivity contribution in [1.29, 1.82) is 0 Å². The number of likely N-dealkylation sites (N-methyl/N-ethyl adjacent to an activating group) is 1. The van der Waals surface area contributed by atoms with Crippen molar-refractivity contribution < 1.29 is 27.8 Å². The molecule has 2 amide bonds. The molecule has 1 aliphatic heterocycles. The largest absolute Gasteiger partial charge is 0.454 e. The fraction of sp³-hybridized carbons (Fsp3) is 0.214. The number of hydrogen-bond acceptors (Lipinski definition) is 4. The van der Waals surface area contributed by atoms with E-state index in [1.54, 1.807) is 43.4 Å². The fourth-order valence-electron chi connectivity index (χ4n) is 4.51. The number of anilines is 1. The standard InChI is InChI=1S/C28H24ClF2N3O4/c1-33(18-10-11-24-25(13-18)38-16-37-24)28(36)21(12-17-6-3-2-4-7-17)32-26(35)15-34-22-9-5-8-20(29)19(22)14-23(34)27(30)31/h2-11,13-14,21,27H,12,15-16H2,1H3,(H,32,35)/t21-/m0/s1. The minimum Gasteiger partial charge on any atom is -0.454 e. The lowest BCUT2D eigenvalue weighted by Crippen LogP contribution is -2.49. The van der Waals surface area contributed by atoms with Crippen molar-refractivity contribution in [2.45, 2.75) is 25.4 Å². The number of aromatic nitrogens is 1. The van der Waals surface area contributed by atoms with Crippen LogP contribution in [0.5, 0.6) is 11.5 Å². The van der Waals surface area contributed by atoms with Gasteiger partial charge in [-0.15, -0.1) is 0 Å². The zero-order chi connectivity index (χ0) is 26.8. The van der Waals surface area contributed by atoms with E-state index < -0.39 is 24.9 Å². The summed E-state index contributed by atoms with van der Waals surface area (Å²) in [5.74, 6) is 0.134. The zero-order valence-electron chi connectivity index (χ0n) is 20.4. The average molecular weight is 540 g/mol. The number of benzene rings is 3. The Morgan fingerprint density at radius 1 is 1.03 bits per heavy atom. The number of alkyl halides is 2. The van der Waals surface area contributed by atoms with Crippen LogP contribution in [0.2, 0.25) is 5.02 Å². The predicted molar refractivity (Wildman–Crippen MR) is 140 cm³/mol. The lowest BCUT2D eigenvalue weighted by molar-refractivity contribution is -0.127.